The Morgan fingerprint density at radius 3 is 2.50 bits per heavy atom. The van der Waals surface area contributed by atoms with Crippen LogP contribution in [0.3, 0.4) is 0 Å². The quantitative estimate of drug-likeness (QED) is 0.735. The highest BCUT2D eigenvalue weighted by atomic mass is 16.4. The van der Waals surface area contributed by atoms with E-state index in [0.717, 1.165) is 25.7 Å². The van der Waals surface area contributed by atoms with Gasteiger partial charge in [0.25, 0.3) is 5.91 Å². The number of hydrogen-bond acceptors (Lipinski definition) is 2. The molecule has 1 aliphatic carbocycles. The topological polar surface area (TPSA) is 91.0 Å². The van der Waals surface area contributed by atoms with Gasteiger partial charge in [-0.2, -0.15) is 0 Å². The monoisotopic (exact) mass is 278 g/mol. The summed E-state index contributed by atoms with van der Waals surface area (Å²) in [6.45, 7) is 0.548. The third kappa shape index (κ3) is 3.50. The number of aliphatic carboxylic acids is 1. The molecule has 1 fully saturated rings. The fourth-order valence-corrected chi connectivity index (χ4v) is 2.62. The van der Waals surface area contributed by atoms with Crippen molar-refractivity contribution < 1.29 is 19.8 Å². The summed E-state index contributed by atoms with van der Waals surface area (Å²) < 4.78 is 0. The average Bonchev–Trinajstić information content (AvgIpc) is 2.45. The number of carboxylic acid groups (broad SMARTS) is 1. The summed E-state index contributed by atoms with van der Waals surface area (Å²) in [6.07, 6.45) is 3.19. The first kappa shape index (κ1) is 14.4. The molecule has 4 N–H and O–H groups in total. The number of hydrogen-bond donors (Lipinski definition) is 3. The van der Waals surface area contributed by atoms with Crippen molar-refractivity contribution in [2.24, 2.45) is 11.8 Å². The van der Waals surface area contributed by atoms with Crippen LogP contribution in [-0.2, 0) is 0 Å². The van der Waals surface area contributed by atoms with Crippen LogP contribution in [0.4, 0.5) is 0 Å². The molecule has 1 aromatic rings. The summed E-state index contributed by atoms with van der Waals surface area (Å²) in [5, 5.41) is 21.5. The zero-order chi connectivity index (χ0) is 14.5. The molecule has 1 saturated carbocycles. The number of nitrogens with one attached hydrogen (secondary N) is 1. The maximum Gasteiger partial charge on any atom is 0.483 e. The molecule has 1 aromatic carbocycles. The summed E-state index contributed by atoms with van der Waals surface area (Å²) >= 11 is 0. The Hall–Kier alpha value is -2.04. The molecule has 0 aromatic heterocycles. The molecule has 0 heterocycles. The number of carboxylic acids is 1. The number of para-hydroxylation sites is 1. The van der Waals surface area contributed by atoms with E-state index in [0.29, 0.717) is 12.5 Å². The summed E-state index contributed by atoms with van der Waals surface area (Å²) in [7, 11) is 0. The third-order valence-corrected chi connectivity index (χ3v) is 3.91. The number of phenolic OH excluding ortho intramolecular Hbond substituents is 1. The van der Waals surface area contributed by atoms with Crippen LogP contribution in [0, 0.1) is 11.8 Å². The molecule has 0 saturated heterocycles. The first-order valence-electron chi connectivity index (χ1n) is 6.89. The van der Waals surface area contributed by atoms with E-state index in [2.05, 4.69) is 5.32 Å². The smallest absolute Gasteiger partial charge is 0.483 e. The van der Waals surface area contributed by atoms with Crippen LogP contribution in [0.25, 0.3) is 0 Å². The molecule has 20 heavy (non-hydrogen) atoms. The van der Waals surface area contributed by atoms with Crippen molar-refractivity contribution in [3.8, 4) is 5.75 Å². The van der Waals surface area contributed by atoms with E-state index in [-0.39, 0.29) is 23.1 Å². The van der Waals surface area contributed by atoms with Crippen LogP contribution in [0.15, 0.2) is 24.3 Å². The SMILES string of the molecule is O=C(NCC1CCC(C(O)=[OH+])CC1)c1ccccc1O. The molecule has 0 aliphatic heterocycles. The fourth-order valence-electron chi connectivity index (χ4n) is 2.62. The Bertz CT molecular complexity index is 492. The van der Waals surface area contributed by atoms with Gasteiger partial charge < -0.3 is 20.3 Å². The van der Waals surface area contributed by atoms with E-state index in [1.54, 1.807) is 18.2 Å². The summed E-state index contributed by atoms with van der Waals surface area (Å²) in [5.74, 6) is -0.544. The second-order valence-corrected chi connectivity index (χ2v) is 5.30. The van der Waals surface area contributed by atoms with Gasteiger partial charge >= 0.3 is 5.97 Å². The van der Waals surface area contributed by atoms with Crippen LogP contribution in [0.2, 0.25) is 0 Å². The molecular weight excluding hydrogens is 258 g/mol. The lowest BCUT2D eigenvalue weighted by molar-refractivity contribution is 0.0939. The molecule has 108 valence electrons. The van der Waals surface area contributed by atoms with E-state index in [1.165, 1.54) is 6.07 Å². The Labute approximate surface area is 117 Å². The number of carbonyl (C=O) groups is 1. The van der Waals surface area contributed by atoms with Crippen LogP contribution < -0.4 is 5.32 Å². The minimum Gasteiger partial charge on any atom is -0.507 e. The number of amides is 1. The molecular formula is C15H20NO4+. The number of carbonyl (C=O) groups excluding carboxylic acids is 1. The Balaban J connectivity index is 1.80. The predicted molar refractivity (Wildman–Crippen MR) is 75.5 cm³/mol. The lowest BCUT2D eigenvalue weighted by Crippen LogP contribution is -2.32. The summed E-state index contributed by atoms with van der Waals surface area (Å²) in [6, 6.07) is 6.45. The molecule has 0 atom stereocenters. The molecule has 5 heteroatoms. The second-order valence-electron chi connectivity index (χ2n) is 5.30. The highest BCUT2D eigenvalue weighted by Gasteiger charge is 2.30. The van der Waals surface area contributed by atoms with Gasteiger partial charge in [-0.25, -0.2) is 0 Å². The van der Waals surface area contributed by atoms with Crippen LogP contribution in [0.5, 0.6) is 5.75 Å². The molecule has 1 amide bonds. The van der Waals surface area contributed by atoms with Gasteiger partial charge in [0.15, 0.2) is 0 Å². The molecule has 5 nitrogen and oxygen atoms in total. The minimum atomic E-state index is -0.471. The van der Waals surface area contributed by atoms with E-state index in [4.69, 9.17) is 9.90 Å². The highest BCUT2D eigenvalue weighted by Crippen LogP contribution is 2.28. The maximum absolute atomic E-state index is 11.9. The molecule has 1 aliphatic rings. The number of aliphatic hydroxyl groups excluding tert-OH is 1. The Morgan fingerprint density at radius 1 is 1.25 bits per heavy atom. The lowest BCUT2D eigenvalue weighted by atomic mass is 9.82. The Kier molecular flexibility index (Phi) is 4.61. The van der Waals surface area contributed by atoms with Crippen LogP contribution in [-0.4, -0.2) is 33.4 Å². The molecule has 0 bridgehead atoms. The van der Waals surface area contributed by atoms with Crippen molar-refractivity contribution >= 4 is 11.9 Å². The van der Waals surface area contributed by atoms with E-state index in [9.17, 15) is 9.90 Å². The van der Waals surface area contributed by atoms with Crippen molar-refractivity contribution in [1.82, 2.24) is 5.32 Å². The van der Waals surface area contributed by atoms with Crippen LogP contribution >= 0.6 is 0 Å². The van der Waals surface area contributed by atoms with Gasteiger partial charge in [-0.15, -0.1) is 0 Å². The summed E-state index contributed by atoms with van der Waals surface area (Å²) in [5.41, 5.74) is 0.280. The highest BCUT2D eigenvalue weighted by molar-refractivity contribution is 5.96. The third-order valence-electron chi connectivity index (χ3n) is 3.91. The average molecular weight is 278 g/mol. The van der Waals surface area contributed by atoms with Crippen molar-refractivity contribution in [2.45, 2.75) is 25.7 Å². The van der Waals surface area contributed by atoms with Gasteiger partial charge in [-0.1, -0.05) is 12.1 Å². The number of phenols is 1. The zero-order valence-electron chi connectivity index (χ0n) is 11.2. The number of benzene rings is 1. The maximum atomic E-state index is 11.9. The van der Waals surface area contributed by atoms with Gasteiger partial charge in [0.1, 0.15) is 11.7 Å². The van der Waals surface area contributed by atoms with E-state index >= 15 is 0 Å². The van der Waals surface area contributed by atoms with Gasteiger partial charge in [0.2, 0.25) is 0 Å². The van der Waals surface area contributed by atoms with Crippen LogP contribution in [0.1, 0.15) is 36.0 Å². The first-order valence-corrected chi connectivity index (χ1v) is 6.89. The van der Waals surface area contributed by atoms with Gasteiger partial charge in [0, 0.05) is 6.54 Å². The predicted octanol–water partition coefficient (Wildman–Crippen LogP) is 1.99. The fraction of sp³-hybridized carbons (Fsp3) is 0.467. The van der Waals surface area contributed by atoms with Gasteiger partial charge in [-0.05, 0) is 43.7 Å². The molecule has 2 rings (SSSR count). The minimum absolute atomic E-state index is 0.0199. The van der Waals surface area contributed by atoms with Crippen molar-refractivity contribution in [3.05, 3.63) is 29.8 Å². The van der Waals surface area contributed by atoms with Crippen molar-refractivity contribution in [3.63, 3.8) is 0 Å². The van der Waals surface area contributed by atoms with Gasteiger partial charge in [-0.3, -0.25) is 4.79 Å². The lowest BCUT2D eigenvalue weighted by Gasteiger charge is -2.24. The Morgan fingerprint density at radius 2 is 1.90 bits per heavy atom. The molecule has 0 unspecified atom stereocenters. The zero-order valence-corrected chi connectivity index (χ0v) is 11.2. The molecule has 0 radical (unpaired) electrons. The second kappa shape index (κ2) is 6.41. The summed E-state index contributed by atoms with van der Waals surface area (Å²) in [4.78, 5) is 21.0. The normalized spacial score (nSPS) is 22.2. The molecule has 0 spiro atoms. The van der Waals surface area contributed by atoms with E-state index in [1.807, 2.05) is 0 Å². The largest absolute Gasteiger partial charge is 0.507 e. The number of rotatable bonds is 4. The van der Waals surface area contributed by atoms with Gasteiger partial charge in [0.05, 0.1) is 5.56 Å². The standard InChI is InChI=1S/C15H19NO4/c17-13-4-2-1-3-12(13)14(18)16-9-10-5-7-11(8-6-10)15(19)20/h1-4,10-11,17H,5-9H2,(H,16,18)(H,19,20)/p+1. The first-order chi connectivity index (χ1) is 9.58. The van der Waals surface area contributed by atoms with Crippen molar-refractivity contribution in [1.29, 1.82) is 0 Å². The van der Waals surface area contributed by atoms with Crippen molar-refractivity contribution in [2.75, 3.05) is 6.54 Å². The van der Waals surface area contributed by atoms with E-state index < -0.39 is 5.97 Å². The number of aromatic hydroxyl groups is 1.